The van der Waals surface area contributed by atoms with E-state index >= 15 is 0 Å². The summed E-state index contributed by atoms with van der Waals surface area (Å²) >= 11 is 1.54. The van der Waals surface area contributed by atoms with Crippen LogP contribution in [0, 0.1) is 13.8 Å². The van der Waals surface area contributed by atoms with Crippen LogP contribution in [0.25, 0.3) is 16.5 Å². The number of aromatic amines is 1. The lowest BCUT2D eigenvalue weighted by Crippen LogP contribution is -2.21. The van der Waals surface area contributed by atoms with E-state index in [0.717, 1.165) is 16.2 Å². The number of nitrogens with one attached hydrogen (secondary N) is 2. The fourth-order valence-electron chi connectivity index (χ4n) is 3.16. The van der Waals surface area contributed by atoms with E-state index in [9.17, 15) is 9.59 Å². The lowest BCUT2D eigenvalue weighted by molar-refractivity contribution is -0.116. The number of aromatic nitrogens is 4. The highest BCUT2D eigenvalue weighted by atomic mass is 32.1. The zero-order valence-electron chi connectivity index (χ0n) is 18.0. The van der Waals surface area contributed by atoms with Gasteiger partial charge in [0, 0.05) is 23.7 Å². The Morgan fingerprint density at radius 3 is 2.66 bits per heavy atom. The highest BCUT2D eigenvalue weighted by Crippen LogP contribution is 2.27. The zero-order valence-corrected chi connectivity index (χ0v) is 18.8. The number of hydrogen-bond acceptors (Lipinski definition) is 6. The van der Waals surface area contributed by atoms with Gasteiger partial charge in [-0.3, -0.25) is 14.6 Å². The van der Waals surface area contributed by atoms with E-state index in [4.69, 9.17) is 4.74 Å². The van der Waals surface area contributed by atoms with Gasteiger partial charge in [0.05, 0.1) is 12.0 Å². The van der Waals surface area contributed by atoms with Crippen molar-refractivity contribution in [3.63, 3.8) is 0 Å². The summed E-state index contributed by atoms with van der Waals surface area (Å²) in [5, 5.41) is 9.46. The maximum Gasteiger partial charge on any atom is 0.255 e. The van der Waals surface area contributed by atoms with Gasteiger partial charge >= 0.3 is 0 Å². The molecule has 3 heterocycles. The predicted molar refractivity (Wildman–Crippen MR) is 125 cm³/mol. The summed E-state index contributed by atoms with van der Waals surface area (Å²) in [6.07, 6.45) is 0.878. The van der Waals surface area contributed by atoms with Crippen LogP contribution in [0.5, 0.6) is 5.75 Å². The molecule has 0 aliphatic carbocycles. The van der Waals surface area contributed by atoms with Crippen LogP contribution in [0.4, 0.5) is 5.82 Å². The summed E-state index contributed by atoms with van der Waals surface area (Å²) in [6.45, 7) is 3.48. The van der Waals surface area contributed by atoms with E-state index in [0.29, 0.717) is 35.6 Å². The average molecular weight is 450 g/mol. The Bertz CT molecular complexity index is 1290. The summed E-state index contributed by atoms with van der Waals surface area (Å²) in [5.41, 5.74) is 2.64. The smallest absolute Gasteiger partial charge is 0.255 e. The molecule has 9 heteroatoms. The monoisotopic (exact) mass is 449 g/mol. The standard InChI is InChI=1S/C23H23N5O3S/c1-14-15(2)24-23(26-22(14)30)28-20(13-18(27-28)19-5-4-12-32-19)25-21(29)11-8-16-6-9-17(31-3)10-7-16/h4-7,9-10,12-13H,8,11H2,1-3H3,(H,25,29)(H,24,26,30). The number of nitrogens with zero attached hydrogens (tertiary/aromatic N) is 3. The fraction of sp³-hybridized carbons (Fsp3) is 0.217. The second kappa shape index (κ2) is 9.19. The molecule has 0 aliphatic rings. The topological polar surface area (TPSA) is 102 Å². The third kappa shape index (κ3) is 4.62. The molecule has 0 saturated carbocycles. The number of anilines is 1. The number of amides is 1. The number of ether oxygens (including phenoxy) is 1. The Morgan fingerprint density at radius 2 is 2.00 bits per heavy atom. The molecule has 0 spiro atoms. The van der Waals surface area contributed by atoms with Crippen LogP contribution in [-0.4, -0.2) is 32.8 Å². The van der Waals surface area contributed by atoms with Gasteiger partial charge in [0.2, 0.25) is 11.9 Å². The minimum atomic E-state index is -0.238. The molecule has 4 rings (SSSR count). The molecule has 1 aromatic carbocycles. The molecule has 164 valence electrons. The molecule has 0 unspecified atom stereocenters. The van der Waals surface area contributed by atoms with Crippen LogP contribution < -0.4 is 15.6 Å². The molecule has 32 heavy (non-hydrogen) atoms. The minimum Gasteiger partial charge on any atom is -0.497 e. The summed E-state index contributed by atoms with van der Waals surface area (Å²) in [6, 6.07) is 13.3. The van der Waals surface area contributed by atoms with Crippen LogP contribution >= 0.6 is 11.3 Å². The largest absolute Gasteiger partial charge is 0.497 e. The molecule has 4 aromatic rings. The van der Waals surface area contributed by atoms with E-state index in [1.807, 2.05) is 41.8 Å². The molecule has 8 nitrogen and oxygen atoms in total. The Hall–Kier alpha value is -3.72. The number of thiophene rings is 1. The molecular weight excluding hydrogens is 426 g/mol. The molecule has 0 radical (unpaired) electrons. The van der Waals surface area contributed by atoms with Gasteiger partial charge in [-0.15, -0.1) is 11.3 Å². The normalized spacial score (nSPS) is 10.8. The second-order valence-corrected chi connectivity index (χ2v) is 8.25. The summed E-state index contributed by atoms with van der Waals surface area (Å²) in [5.74, 6) is 1.31. The van der Waals surface area contributed by atoms with Gasteiger partial charge in [-0.2, -0.15) is 9.78 Å². The van der Waals surface area contributed by atoms with Crippen molar-refractivity contribution >= 4 is 23.1 Å². The summed E-state index contributed by atoms with van der Waals surface area (Å²) < 4.78 is 6.63. The number of hydrogen-bond donors (Lipinski definition) is 2. The van der Waals surface area contributed by atoms with E-state index in [1.54, 1.807) is 38.4 Å². The van der Waals surface area contributed by atoms with Crippen molar-refractivity contribution in [2.75, 3.05) is 12.4 Å². The van der Waals surface area contributed by atoms with Crippen molar-refractivity contribution in [2.45, 2.75) is 26.7 Å². The molecule has 3 aromatic heterocycles. The lowest BCUT2D eigenvalue weighted by atomic mass is 10.1. The van der Waals surface area contributed by atoms with Crippen molar-refractivity contribution in [3.8, 4) is 22.3 Å². The van der Waals surface area contributed by atoms with Gasteiger partial charge in [0.25, 0.3) is 5.56 Å². The third-order valence-corrected chi connectivity index (χ3v) is 6.03. The predicted octanol–water partition coefficient (Wildman–Crippen LogP) is 3.88. The lowest BCUT2D eigenvalue weighted by Gasteiger charge is -2.09. The van der Waals surface area contributed by atoms with Crippen LogP contribution in [0.2, 0.25) is 0 Å². The van der Waals surface area contributed by atoms with Gasteiger partial charge in [-0.05, 0) is 49.4 Å². The highest BCUT2D eigenvalue weighted by Gasteiger charge is 2.17. The molecule has 0 atom stereocenters. The number of H-pyrrole nitrogens is 1. The molecule has 0 bridgehead atoms. The van der Waals surface area contributed by atoms with Gasteiger partial charge in [0.15, 0.2) is 0 Å². The quantitative estimate of drug-likeness (QED) is 0.446. The van der Waals surface area contributed by atoms with Crippen LogP contribution in [0.3, 0.4) is 0 Å². The first kappa shape index (κ1) is 21.5. The Labute approximate surface area is 188 Å². The minimum absolute atomic E-state index is 0.161. The number of carbonyl (C=O) groups excluding carboxylic acids is 1. The highest BCUT2D eigenvalue weighted by molar-refractivity contribution is 7.13. The summed E-state index contributed by atoms with van der Waals surface area (Å²) in [4.78, 5) is 33.1. The van der Waals surface area contributed by atoms with Crippen LogP contribution in [0.15, 0.2) is 52.6 Å². The average Bonchev–Trinajstić information content (AvgIpc) is 3.46. The van der Waals surface area contributed by atoms with E-state index in [-0.39, 0.29) is 17.4 Å². The van der Waals surface area contributed by atoms with Crippen molar-refractivity contribution in [2.24, 2.45) is 0 Å². The number of benzene rings is 1. The van der Waals surface area contributed by atoms with Gasteiger partial charge < -0.3 is 10.1 Å². The first-order valence-corrected chi connectivity index (χ1v) is 11.0. The number of methoxy groups -OCH3 is 1. The maximum atomic E-state index is 12.7. The van der Waals surface area contributed by atoms with E-state index < -0.39 is 0 Å². The van der Waals surface area contributed by atoms with E-state index in [1.165, 1.54) is 4.68 Å². The van der Waals surface area contributed by atoms with E-state index in [2.05, 4.69) is 20.4 Å². The molecule has 1 amide bonds. The number of carbonyl (C=O) groups is 1. The van der Waals surface area contributed by atoms with Crippen molar-refractivity contribution < 1.29 is 9.53 Å². The molecule has 0 fully saturated rings. The molecule has 0 saturated heterocycles. The first-order valence-electron chi connectivity index (χ1n) is 10.1. The Balaban J connectivity index is 1.59. The SMILES string of the molecule is COc1ccc(CCC(=O)Nc2cc(-c3cccs3)nn2-c2nc(C)c(C)c(=O)[nH]2)cc1. The fourth-order valence-corrected chi connectivity index (χ4v) is 3.84. The van der Waals surface area contributed by atoms with Crippen molar-refractivity contribution in [1.82, 2.24) is 19.7 Å². The van der Waals surface area contributed by atoms with Gasteiger partial charge in [-0.1, -0.05) is 18.2 Å². The molecule has 0 aliphatic heterocycles. The van der Waals surface area contributed by atoms with Crippen molar-refractivity contribution in [3.05, 3.63) is 75.0 Å². The van der Waals surface area contributed by atoms with Crippen LogP contribution in [0.1, 0.15) is 23.2 Å². The second-order valence-electron chi connectivity index (χ2n) is 7.30. The molecule has 2 N–H and O–H groups in total. The van der Waals surface area contributed by atoms with Crippen LogP contribution in [-0.2, 0) is 11.2 Å². The zero-order chi connectivity index (χ0) is 22.7. The Kier molecular flexibility index (Phi) is 6.18. The first-order chi connectivity index (χ1) is 15.4. The van der Waals surface area contributed by atoms with Gasteiger partial charge in [-0.25, -0.2) is 4.98 Å². The van der Waals surface area contributed by atoms with Crippen molar-refractivity contribution in [1.29, 1.82) is 0 Å². The number of aryl methyl sites for hydroxylation is 2. The summed E-state index contributed by atoms with van der Waals surface area (Å²) in [7, 11) is 1.62. The maximum absolute atomic E-state index is 12.7. The Morgan fingerprint density at radius 1 is 1.22 bits per heavy atom. The number of rotatable bonds is 7. The third-order valence-electron chi connectivity index (χ3n) is 5.13. The van der Waals surface area contributed by atoms with Gasteiger partial charge in [0.1, 0.15) is 17.3 Å². The molecular formula is C23H23N5O3S.